The van der Waals surface area contributed by atoms with Gasteiger partial charge in [0.2, 0.25) is 5.01 Å². The molecule has 0 radical (unpaired) electrons. The standard InChI is InChI=1S/C21H19Cl2N5O2S/c1-12-7-8-15(11-16(12)23)25-21(30)28-9-3-6-17(28)19-26-27-20(31-19)18(29)24-14-5-2-4-13(22)10-14/h2,4-5,7-8,10-11,17H,3,6,9H2,1H3,(H,24,29)(H,25,30)/t17-/m0/s1. The summed E-state index contributed by atoms with van der Waals surface area (Å²) in [5, 5.41) is 15.8. The zero-order valence-electron chi connectivity index (χ0n) is 16.6. The number of benzene rings is 2. The third-order valence-corrected chi connectivity index (χ3v) is 6.60. The van der Waals surface area contributed by atoms with Gasteiger partial charge in [-0.15, -0.1) is 10.2 Å². The molecule has 1 saturated heterocycles. The molecule has 0 spiro atoms. The molecular formula is C21H19Cl2N5O2S. The zero-order valence-corrected chi connectivity index (χ0v) is 18.9. The lowest BCUT2D eigenvalue weighted by molar-refractivity contribution is 0.102. The van der Waals surface area contributed by atoms with Crippen molar-refractivity contribution in [2.45, 2.75) is 25.8 Å². The van der Waals surface area contributed by atoms with Gasteiger partial charge in [0.15, 0.2) is 0 Å². The number of carbonyl (C=O) groups excluding carboxylic acids is 2. The number of hydrogen-bond donors (Lipinski definition) is 2. The second kappa shape index (κ2) is 9.21. The van der Waals surface area contributed by atoms with Crippen LogP contribution in [0.3, 0.4) is 0 Å². The van der Waals surface area contributed by atoms with E-state index in [1.807, 2.05) is 19.1 Å². The molecule has 0 unspecified atom stereocenters. The second-order valence-corrected chi connectivity index (χ2v) is 9.01. The van der Waals surface area contributed by atoms with E-state index in [1.54, 1.807) is 35.2 Å². The molecule has 2 aromatic carbocycles. The van der Waals surface area contributed by atoms with Crippen LogP contribution in [0.4, 0.5) is 16.2 Å². The topological polar surface area (TPSA) is 87.2 Å². The molecule has 10 heteroatoms. The smallest absolute Gasteiger partial charge is 0.320 e. The average molecular weight is 476 g/mol. The third kappa shape index (κ3) is 4.98. The number of hydrogen-bond acceptors (Lipinski definition) is 5. The highest BCUT2D eigenvalue weighted by Crippen LogP contribution is 2.34. The Labute approximate surface area is 193 Å². The van der Waals surface area contributed by atoms with E-state index < -0.39 is 0 Å². The van der Waals surface area contributed by atoms with Crippen molar-refractivity contribution in [3.05, 3.63) is 68.1 Å². The first-order chi connectivity index (χ1) is 14.9. The van der Waals surface area contributed by atoms with Crippen molar-refractivity contribution < 1.29 is 9.59 Å². The van der Waals surface area contributed by atoms with Crippen LogP contribution in [0.5, 0.6) is 0 Å². The minimum absolute atomic E-state index is 0.229. The Morgan fingerprint density at radius 2 is 1.90 bits per heavy atom. The van der Waals surface area contributed by atoms with E-state index in [1.165, 1.54) is 11.3 Å². The minimum Gasteiger partial charge on any atom is -0.320 e. The van der Waals surface area contributed by atoms with Gasteiger partial charge in [0.25, 0.3) is 5.91 Å². The summed E-state index contributed by atoms with van der Waals surface area (Å²) in [5.41, 5.74) is 2.15. The maximum Gasteiger partial charge on any atom is 0.322 e. The number of aryl methyl sites for hydroxylation is 1. The van der Waals surface area contributed by atoms with E-state index in [0.717, 1.165) is 18.4 Å². The Bertz CT molecular complexity index is 1140. The Morgan fingerprint density at radius 3 is 2.68 bits per heavy atom. The van der Waals surface area contributed by atoms with Gasteiger partial charge in [0.1, 0.15) is 5.01 Å². The molecule has 160 valence electrons. The molecule has 0 bridgehead atoms. The number of rotatable bonds is 4. The predicted octanol–water partition coefficient (Wildman–Crippen LogP) is 5.77. The second-order valence-electron chi connectivity index (χ2n) is 7.16. The maximum absolute atomic E-state index is 12.8. The number of halogens is 2. The van der Waals surface area contributed by atoms with Crippen molar-refractivity contribution in [2.75, 3.05) is 17.2 Å². The quantitative estimate of drug-likeness (QED) is 0.500. The summed E-state index contributed by atoms with van der Waals surface area (Å²) in [6, 6.07) is 11.8. The molecule has 1 aliphatic rings. The highest BCUT2D eigenvalue weighted by molar-refractivity contribution is 7.13. The first-order valence-electron chi connectivity index (χ1n) is 9.65. The molecule has 31 heavy (non-hydrogen) atoms. The molecule has 2 heterocycles. The lowest BCUT2D eigenvalue weighted by Gasteiger charge is -2.23. The molecule has 3 amide bonds. The zero-order chi connectivity index (χ0) is 22.0. The fourth-order valence-corrected chi connectivity index (χ4v) is 4.60. The minimum atomic E-state index is -0.366. The number of nitrogens with zero attached hydrogens (tertiary/aromatic N) is 3. The molecule has 0 aliphatic carbocycles. The SMILES string of the molecule is Cc1ccc(NC(=O)N2CCC[C@H]2c2nnc(C(=O)Nc3cccc(Cl)c3)s2)cc1Cl. The van der Waals surface area contributed by atoms with Crippen LogP contribution in [-0.4, -0.2) is 33.6 Å². The van der Waals surface area contributed by atoms with Crippen LogP contribution in [0.2, 0.25) is 10.0 Å². The number of urea groups is 1. The van der Waals surface area contributed by atoms with Crippen molar-refractivity contribution in [3.63, 3.8) is 0 Å². The Kier molecular flexibility index (Phi) is 6.41. The van der Waals surface area contributed by atoms with Crippen LogP contribution < -0.4 is 10.6 Å². The van der Waals surface area contributed by atoms with Crippen molar-refractivity contribution in [1.29, 1.82) is 0 Å². The summed E-state index contributed by atoms with van der Waals surface area (Å²) >= 11 is 13.3. The number of aromatic nitrogens is 2. The van der Waals surface area contributed by atoms with Gasteiger partial charge in [-0.3, -0.25) is 4.79 Å². The van der Waals surface area contributed by atoms with E-state index >= 15 is 0 Å². The largest absolute Gasteiger partial charge is 0.322 e. The van der Waals surface area contributed by atoms with Gasteiger partial charge in [-0.05, 0) is 55.7 Å². The number of amides is 3. The third-order valence-electron chi connectivity index (χ3n) is 4.94. The van der Waals surface area contributed by atoms with Crippen molar-refractivity contribution in [1.82, 2.24) is 15.1 Å². The van der Waals surface area contributed by atoms with Crippen LogP contribution >= 0.6 is 34.5 Å². The summed E-state index contributed by atoms with van der Waals surface area (Å²) in [6.45, 7) is 2.50. The summed E-state index contributed by atoms with van der Waals surface area (Å²) in [4.78, 5) is 27.1. The first-order valence-corrected chi connectivity index (χ1v) is 11.2. The van der Waals surface area contributed by atoms with Crippen molar-refractivity contribution in [2.24, 2.45) is 0 Å². The van der Waals surface area contributed by atoms with Gasteiger partial charge in [0, 0.05) is 28.0 Å². The summed E-state index contributed by atoms with van der Waals surface area (Å²) < 4.78 is 0. The van der Waals surface area contributed by atoms with Crippen LogP contribution in [0.25, 0.3) is 0 Å². The molecule has 1 aromatic heterocycles. The normalized spacial score (nSPS) is 15.7. The molecule has 3 aromatic rings. The highest BCUT2D eigenvalue weighted by atomic mass is 35.5. The van der Waals surface area contributed by atoms with E-state index in [-0.39, 0.29) is 23.0 Å². The summed E-state index contributed by atoms with van der Waals surface area (Å²) in [7, 11) is 0. The lowest BCUT2D eigenvalue weighted by Crippen LogP contribution is -2.34. The van der Waals surface area contributed by atoms with Crippen LogP contribution in [0.1, 0.15) is 39.3 Å². The molecule has 4 rings (SSSR count). The van der Waals surface area contributed by atoms with Crippen molar-refractivity contribution >= 4 is 57.9 Å². The number of carbonyl (C=O) groups is 2. The monoisotopic (exact) mass is 475 g/mol. The van der Waals surface area contributed by atoms with Crippen LogP contribution in [0, 0.1) is 6.92 Å². The molecule has 0 saturated carbocycles. The Morgan fingerprint density at radius 1 is 1.10 bits per heavy atom. The first kappa shape index (κ1) is 21.5. The fourth-order valence-electron chi connectivity index (χ4n) is 3.34. The number of nitrogens with one attached hydrogen (secondary N) is 2. The Hall–Kier alpha value is -2.68. The summed E-state index contributed by atoms with van der Waals surface area (Å²) in [5.74, 6) is -0.366. The van der Waals surface area contributed by atoms with Crippen molar-refractivity contribution in [3.8, 4) is 0 Å². The molecule has 1 aliphatic heterocycles. The maximum atomic E-state index is 12.8. The fraction of sp³-hybridized carbons (Fsp3) is 0.238. The van der Waals surface area contributed by atoms with Gasteiger partial charge in [0.05, 0.1) is 6.04 Å². The van der Waals surface area contributed by atoms with E-state index in [0.29, 0.717) is 33.0 Å². The van der Waals surface area contributed by atoms with Gasteiger partial charge in [-0.2, -0.15) is 0 Å². The molecule has 7 nitrogen and oxygen atoms in total. The predicted molar refractivity (Wildman–Crippen MR) is 123 cm³/mol. The number of likely N-dealkylation sites (tertiary alicyclic amines) is 1. The molecule has 1 fully saturated rings. The van der Waals surface area contributed by atoms with E-state index in [2.05, 4.69) is 20.8 Å². The molecule has 1 atom stereocenters. The Balaban J connectivity index is 1.45. The van der Waals surface area contributed by atoms with Crippen LogP contribution in [-0.2, 0) is 0 Å². The van der Waals surface area contributed by atoms with Gasteiger partial charge < -0.3 is 15.5 Å². The number of anilines is 2. The van der Waals surface area contributed by atoms with Gasteiger partial charge in [-0.1, -0.05) is 46.7 Å². The lowest BCUT2D eigenvalue weighted by atomic mass is 10.2. The molecular weight excluding hydrogens is 457 g/mol. The average Bonchev–Trinajstić information content (AvgIpc) is 3.40. The van der Waals surface area contributed by atoms with E-state index in [9.17, 15) is 9.59 Å². The molecule has 2 N–H and O–H groups in total. The summed E-state index contributed by atoms with van der Waals surface area (Å²) in [6.07, 6.45) is 1.60. The van der Waals surface area contributed by atoms with E-state index in [4.69, 9.17) is 23.2 Å². The highest BCUT2D eigenvalue weighted by Gasteiger charge is 2.33. The van der Waals surface area contributed by atoms with Gasteiger partial charge in [-0.25, -0.2) is 4.79 Å². The van der Waals surface area contributed by atoms with Gasteiger partial charge >= 0.3 is 6.03 Å². The van der Waals surface area contributed by atoms with Crippen LogP contribution in [0.15, 0.2) is 42.5 Å².